The van der Waals surface area contributed by atoms with Crippen LogP contribution < -0.4 is 10.6 Å². The van der Waals surface area contributed by atoms with E-state index in [9.17, 15) is 14.0 Å². The zero-order valence-electron chi connectivity index (χ0n) is 16.1. The maximum absolute atomic E-state index is 12.9. The average Bonchev–Trinajstić information content (AvgIpc) is 3.10. The average molecular weight is 388 g/mol. The Morgan fingerprint density at radius 3 is 2.43 bits per heavy atom. The highest BCUT2D eigenvalue weighted by Gasteiger charge is 2.28. The van der Waals surface area contributed by atoms with Crippen LogP contribution in [0.5, 0.6) is 0 Å². The Hall–Kier alpha value is -2.78. The molecule has 2 N–H and O–H groups in total. The molecule has 8 nitrogen and oxygen atoms in total. The van der Waals surface area contributed by atoms with Crippen LogP contribution in [0, 0.1) is 5.82 Å². The Morgan fingerprint density at radius 1 is 1.18 bits per heavy atom. The van der Waals surface area contributed by atoms with E-state index >= 15 is 0 Å². The van der Waals surface area contributed by atoms with Crippen LogP contribution in [0.15, 0.2) is 36.7 Å². The van der Waals surface area contributed by atoms with Crippen LogP contribution in [0.3, 0.4) is 0 Å². The van der Waals surface area contributed by atoms with E-state index < -0.39 is 6.04 Å². The lowest BCUT2D eigenvalue weighted by atomic mass is 10.1. The lowest BCUT2D eigenvalue weighted by molar-refractivity contribution is -0.135. The van der Waals surface area contributed by atoms with Crippen molar-refractivity contribution in [1.82, 2.24) is 24.9 Å². The summed E-state index contributed by atoms with van der Waals surface area (Å²) in [5.74, 6) is -0.495. The van der Waals surface area contributed by atoms with E-state index in [0.717, 1.165) is 5.56 Å². The molecule has 28 heavy (non-hydrogen) atoms. The molecular formula is C19H25FN6O2. The second-order valence-corrected chi connectivity index (χ2v) is 6.83. The highest BCUT2D eigenvalue weighted by molar-refractivity contribution is 5.92. The van der Waals surface area contributed by atoms with Crippen LogP contribution in [0.1, 0.15) is 11.6 Å². The number of anilines is 1. The third-order valence-electron chi connectivity index (χ3n) is 4.77. The first-order valence-electron chi connectivity index (χ1n) is 9.18. The summed E-state index contributed by atoms with van der Waals surface area (Å²) in [6.07, 6.45) is 3.52. The topological polar surface area (TPSA) is 82.5 Å². The summed E-state index contributed by atoms with van der Waals surface area (Å²) in [5, 5.41) is 9.94. The molecule has 0 spiro atoms. The molecule has 0 bridgehead atoms. The van der Waals surface area contributed by atoms with E-state index in [1.165, 1.54) is 24.3 Å². The third kappa shape index (κ3) is 4.93. The van der Waals surface area contributed by atoms with Gasteiger partial charge in [0.05, 0.1) is 12.7 Å². The molecule has 1 atom stereocenters. The highest BCUT2D eigenvalue weighted by Crippen LogP contribution is 2.16. The number of benzene rings is 1. The van der Waals surface area contributed by atoms with Crippen molar-refractivity contribution in [2.75, 3.05) is 45.1 Å². The summed E-state index contributed by atoms with van der Waals surface area (Å²) in [6, 6.07) is 5.24. The smallest absolute Gasteiger partial charge is 0.244 e. The van der Waals surface area contributed by atoms with E-state index in [1.807, 2.05) is 23.0 Å². The Bertz CT molecular complexity index is 814. The first-order valence-corrected chi connectivity index (χ1v) is 9.18. The lowest BCUT2D eigenvalue weighted by Gasteiger charge is -2.35. The van der Waals surface area contributed by atoms with Crippen LogP contribution in [-0.2, 0) is 16.6 Å². The lowest BCUT2D eigenvalue weighted by Crippen LogP contribution is -2.52. The van der Waals surface area contributed by atoms with Gasteiger partial charge in [0.2, 0.25) is 11.8 Å². The number of aromatic nitrogens is 2. The number of carbonyl (C=O) groups is 2. The quantitative estimate of drug-likeness (QED) is 0.758. The number of halogens is 1. The van der Waals surface area contributed by atoms with Crippen molar-refractivity contribution in [1.29, 1.82) is 0 Å². The van der Waals surface area contributed by atoms with Crippen molar-refractivity contribution in [2.24, 2.45) is 7.05 Å². The number of nitrogens with one attached hydrogen (secondary N) is 2. The van der Waals surface area contributed by atoms with Gasteiger partial charge in [-0.1, -0.05) is 0 Å². The summed E-state index contributed by atoms with van der Waals surface area (Å²) in [7, 11) is 3.57. The van der Waals surface area contributed by atoms with Gasteiger partial charge >= 0.3 is 0 Å². The molecule has 1 unspecified atom stereocenters. The number of amides is 2. The number of piperazine rings is 1. The molecule has 1 aliphatic heterocycles. The van der Waals surface area contributed by atoms with Gasteiger partial charge in [0.15, 0.2) is 0 Å². The number of nitrogens with zero attached hydrogens (tertiary/aromatic N) is 4. The number of hydrogen-bond donors (Lipinski definition) is 2. The minimum atomic E-state index is -0.429. The second-order valence-electron chi connectivity index (χ2n) is 6.83. The van der Waals surface area contributed by atoms with Gasteiger partial charge < -0.3 is 15.5 Å². The van der Waals surface area contributed by atoms with Crippen LogP contribution in [0.2, 0.25) is 0 Å². The largest absolute Gasteiger partial charge is 0.338 e. The Balaban J connectivity index is 1.48. The molecule has 1 fully saturated rings. The van der Waals surface area contributed by atoms with Crippen molar-refractivity contribution in [2.45, 2.75) is 6.04 Å². The monoisotopic (exact) mass is 388 g/mol. The van der Waals surface area contributed by atoms with Crippen LogP contribution in [-0.4, -0.2) is 71.2 Å². The van der Waals surface area contributed by atoms with Crippen LogP contribution in [0.4, 0.5) is 10.1 Å². The molecule has 1 aromatic heterocycles. The summed E-state index contributed by atoms with van der Waals surface area (Å²) in [6.45, 7) is 2.58. The van der Waals surface area contributed by atoms with Crippen molar-refractivity contribution in [3.05, 3.63) is 48.0 Å². The highest BCUT2D eigenvalue weighted by atomic mass is 19.1. The molecule has 0 aliphatic carbocycles. The molecule has 1 saturated heterocycles. The molecule has 0 radical (unpaired) electrons. The number of aryl methyl sites for hydroxylation is 1. The zero-order valence-corrected chi connectivity index (χ0v) is 16.1. The molecule has 150 valence electrons. The minimum absolute atomic E-state index is 0.00548. The van der Waals surface area contributed by atoms with Gasteiger partial charge in [-0.25, -0.2) is 4.39 Å². The van der Waals surface area contributed by atoms with Crippen molar-refractivity contribution in [3.8, 4) is 0 Å². The molecule has 0 saturated carbocycles. The molecule has 1 aliphatic rings. The molecular weight excluding hydrogens is 363 g/mol. The van der Waals surface area contributed by atoms with Crippen LogP contribution in [0.25, 0.3) is 0 Å². The molecule has 3 rings (SSSR count). The molecule has 9 heteroatoms. The fourth-order valence-electron chi connectivity index (χ4n) is 3.27. The summed E-state index contributed by atoms with van der Waals surface area (Å²) in [4.78, 5) is 28.8. The van der Waals surface area contributed by atoms with E-state index in [1.54, 1.807) is 17.9 Å². The molecule has 2 amide bonds. The maximum atomic E-state index is 12.9. The van der Waals surface area contributed by atoms with Gasteiger partial charge in [-0.15, -0.1) is 0 Å². The van der Waals surface area contributed by atoms with Gasteiger partial charge in [0.1, 0.15) is 11.9 Å². The normalized spacial score (nSPS) is 16.0. The predicted molar refractivity (Wildman–Crippen MR) is 103 cm³/mol. The molecule has 2 heterocycles. The summed E-state index contributed by atoms with van der Waals surface area (Å²) < 4.78 is 14.6. The van der Waals surface area contributed by atoms with Crippen molar-refractivity contribution < 1.29 is 14.0 Å². The van der Waals surface area contributed by atoms with Gasteiger partial charge in [-0.3, -0.25) is 19.2 Å². The van der Waals surface area contributed by atoms with Crippen LogP contribution >= 0.6 is 0 Å². The van der Waals surface area contributed by atoms with Crippen molar-refractivity contribution in [3.63, 3.8) is 0 Å². The second kappa shape index (κ2) is 8.94. The fraction of sp³-hybridized carbons (Fsp3) is 0.421. The van der Waals surface area contributed by atoms with E-state index in [-0.39, 0.29) is 24.2 Å². The summed E-state index contributed by atoms with van der Waals surface area (Å²) in [5.41, 5.74) is 1.39. The Morgan fingerprint density at radius 2 is 1.86 bits per heavy atom. The van der Waals surface area contributed by atoms with E-state index in [0.29, 0.717) is 31.9 Å². The number of rotatable bonds is 6. The van der Waals surface area contributed by atoms with Gasteiger partial charge in [0.25, 0.3) is 0 Å². The number of carbonyl (C=O) groups excluding carboxylic acids is 2. The van der Waals surface area contributed by atoms with E-state index in [2.05, 4.69) is 15.7 Å². The molecule has 2 aromatic rings. The van der Waals surface area contributed by atoms with Gasteiger partial charge in [-0.05, 0) is 31.3 Å². The molecule has 1 aromatic carbocycles. The standard InChI is InChI=1S/C19H25FN6O2/c1-21-18(14-11-22-24(2)12-14)19(28)26-9-7-25(8-10-26)13-17(27)23-16-5-3-15(20)4-6-16/h3-6,11-12,18,21H,7-10,13H2,1-2H3,(H,23,27). The van der Waals surface area contributed by atoms with Gasteiger partial charge in [0, 0.05) is 50.7 Å². The third-order valence-corrected chi connectivity index (χ3v) is 4.77. The first kappa shape index (κ1) is 20.0. The van der Waals surface area contributed by atoms with Gasteiger partial charge in [-0.2, -0.15) is 5.10 Å². The Labute approximate surface area is 163 Å². The number of hydrogen-bond acceptors (Lipinski definition) is 5. The maximum Gasteiger partial charge on any atom is 0.244 e. The predicted octanol–water partition coefficient (Wildman–Crippen LogP) is 0.603. The zero-order chi connectivity index (χ0) is 20.1. The Kier molecular flexibility index (Phi) is 6.37. The SMILES string of the molecule is CNC(C(=O)N1CCN(CC(=O)Nc2ccc(F)cc2)CC1)c1cnn(C)c1. The van der Waals surface area contributed by atoms with Crippen molar-refractivity contribution >= 4 is 17.5 Å². The summed E-state index contributed by atoms with van der Waals surface area (Å²) >= 11 is 0. The first-order chi connectivity index (χ1) is 13.5. The minimum Gasteiger partial charge on any atom is -0.338 e. The number of likely N-dealkylation sites (N-methyl/N-ethyl adjacent to an activating group) is 1. The fourth-order valence-corrected chi connectivity index (χ4v) is 3.27. The van der Waals surface area contributed by atoms with E-state index in [4.69, 9.17) is 0 Å².